The average molecular weight is 532 g/mol. The van der Waals surface area contributed by atoms with Crippen molar-refractivity contribution in [1.29, 1.82) is 0 Å². The maximum atomic E-state index is 5.46. The number of rotatable bonds is 8. The molecule has 0 aromatic carbocycles. The molecule has 0 aliphatic carbocycles. The van der Waals surface area contributed by atoms with Gasteiger partial charge in [-0.1, -0.05) is 20.8 Å². The zero-order valence-electron chi connectivity index (χ0n) is 17.6. The Morgan fingerprint density at radius 3 is 2.69 bits per heavy atom. The van der Waals surface area contributed by atoms with E-state index in [1.54, 1.807) is 17.6 Å². The van der Waals surface area contributed by atoms with Crippen molar-refractivity contribution in [3.8, 4) is 0 Å². The van der Waals surface area contributed by atoms with Gasteiger partial charge >= 0.3 is 0 Å². The van der Waals surface area contributed by atoms with E-state index < -0.39 is 0 Å². The molecule has 0 amide bonds. The number of furan rings is 1. The van der Waals surface area contributed by atoms with Crippen molar-refractivity contribution in [3.05, 3.63) is 40.2 Å². The summed E-state index contributed by atoms with van der Waals surface area (Å²) < 4.78 is 10.9. The third-order valence-corrected chi connectivity index (χ3v) is 5.96. The van der Waals surface area contributed by atoms with Gasteiger partial charge in [-0.15, -0.1) is 35.3 Å². The predicted octanol–water partition coefficient (Wildman–Crippen LogP) is 4.01. The van der Waals surface area contributed by atoms with Gasteiger partial charge in [0, 0.05) is 55.8 Å². The summed E-state index contributed by atoms with van der Waals surface area (Å²) >= 11 is 1.75. The second-order valence-corrected chi connectivity index (χ2v) is 9.10. The Hall–Kier alpha value is -1.13. The molecule has 0 spiro atoms. The van der Waals surface area contributed by atoms with Crippen molar-refractivity contribution < 1.29 is 9.15 Å². The second-order valence-electron chi connectivity index (χ2n) is 8.25. The number of hydrogen-bond acceptors (Lipinski definition) is 5. The van der Waals surface area contributed by atoms with E-state index in [0.29, 0.717) is 5.92 Å². The molecule has 6 nitrogen and oxygen atoms in total. The van der Waals surface area contributed by atoms with Crippen molar-refractivity contribution in [3.63, 3.8) is 0 Å². The van der Waals surface area contributed by atoms with Crippen LogP contribution < -0.4 is 10.6 Å². The first-order chi connectivity index (χ1) is 13.5. The van der Waals surface area contributed by atoms with Gasteiger partial charge in [0.15, 0.2) is 5.96 Å². The van der Waals surface area contributed by atoms with Gasteiger partial charge in [-0.25, -0.2) is 4.98 Å². The fourth-order valence-electron chi connectivity index (χ4n) is 2.96. The molecular weight excluding hydrogens is 499 g/mol. The SMILES string of the molecule is CC(C)(C)c1nc(CCNC(=NCC2CCOC2)NCCc2ccco2)cs1.I. The van der Waals surface area contributed by atoms with Gasteiger partial charge in [0.1, 0.15) is 5.76 Å². The molecule has 2 aromatic rings. The number of halogens is 1. The van der Waals surface area contributed by atoms with Gasteiger partial charge in [0.05, 0.1) is 23.6 Å². The lowest BCUT2D eigenvalue weighted by Crippen LogP contribution is -2.39. The van der Waals surface area contributed by atoms with E-state index in [-0.39, 0.29) is 29.4 Å². The molecule has 0 radical (unpaired) electrons. The summed E-state index contributed by atoms with van der Waals surface area (Å²) in [6.07, 6.45) is 4.53. The highest BCUT2D eigenvalue weighted by Gasteiger charge is 2.18. The Morgan fingerprint density at radius 1 is 1.28 bits per heavy atom. The Bertz CT molecular complexity index is 734. The lowest BCUT2D eigenvalue weighted by atomic mass is 9.98. The molecule has 2 aromatic heterocycles. The van der Waals surface area contributed by atoms with Crippen LogP contribution in [0.25, 0.3) is 0 Å². The van der Waals surface area contributed by atoms with Crippen molar-refractivity contribution in [1.82, 2.24) is 15.6 Å². The van der Waals surface area contributed by atoms with Crippen molar-refractivity contribution >= 4 is 41.3 Å². The van der Waals surface area contributed by atoms with E-state index in [4.69, 9.17) is 19.1 Å². The molecule has 3 rings (SSSR count). The monoisotopic (exact) mass is 532 g/mol. The fourth-order valence-corrected chi connectivity index (χ4v) is 3.90. The minimum absolute atomic E-state index is 0. The van der Waals surface area contributed by atoms with Gasteiger partial charge in [-0.3, -0.25) is 4.99 Å². The van der Waals surface area contributed by atoms with E-state index in [1.165, 1.54) is 5.01 Å². The molecule has 0 bridgehead atoms. The zero-order valence-corrected chi connectivity index (χ0v) is 20.7. The van der Waals surface area contributed by atoms with E-state index in [2.05, 4.69) is 36.8 Å². The first-order valence-corrected chi connectivity index (χ1v) is 11.0. The minimum Gasteiger partial charge on any atom is -0.469 e. The highest BCUT2D eigenvalue weighted by molar-refractivity contribution is 14.0. The number of hydrogen-bond donors (Lipinski definition) is 2. The largest absolute Gasteiger partial charge is 0.469 e. The number of nitrogens with one attached hydrogen (secondary N) is 2. The van der Waals surface area contributed by atoms with Gasteiger partial charge in [-0.05, 0) is 18.6 Å². The second kappa shape index (κ2) is 11.9. The number of guanidine groups is 1. The molecular formula is C21H33IN4O2S. The molecule has 29 heavy (non-hydrogen) atoms. The third kappa shape index (κ3) is 8.25. The summed E-state index contributed by atoms with van der Waals surface area (Å²) in [5.41, 5.74) is 1.25. The number of ether oxygens (including phenoxy) is 1. The summed E-state index contributed by atoms with van der Waals surface area (Å²) in [5.74, 6) is 2.36. The Kier molecular flexibility index (Phi) is 9.91. The fraction of sp³-hybridized carbons (Fsp3) is 0.619. The van der Waals surface area contributed by atoms with Crippen LogP contribution >= 0.6 is 35.3 Å². The molecule has 1 atom stereocenters. The van der Waals surface area contributed by atoms with Crippen LogP contribution in [-0.4, -0.2) is 43.8 Å². The van der Waals surface area contributed by atoms with Crippen LogP contribution in [0.1, 0.15) is 43.7 Å². The molecule has 162 valence electrons. The quantitative estimate of drug-likeness (QED) is 0.306. The maximum absolute atomic E-state index is 5.46. The van der Waals surface area contributed by atoms with Crippen LogP contribution in [0.4, 0.5) is 0 Å². The third-order valence-electron chi connectivity index (χ3n) is 4.64. The van der Waals surface area contributed by atoms with E-state index in [1.807, 2.05) is 12.1 Å². The Morgan fingerprint density at radius 2 is 2.07 bits per heavy atom. The van der Waals surface area contributed by atoms with Gasteiger partial charge < -0.3 is 19.8 Å². The van der Waals surface area contributed by atoms with Gasteiger partial charge in [-0.2, -0.15) is 0 Å². The minimum atomic E-state index is 0. The first kappa shape index (κ1) is 24.1. The van der Waals surface area contributed by atoms with Gasteiger partial charge in [0.25, 0.3) is 0 Å². The summed E-state index contributed by atoms with van der Waals surface area (Å²) in [4.78, 5) is 9.54. The van der Waals surface area contributed by atoms with Crippen LogP contribution in [-0.2, 0) is 23.0 Å². The molecule has 8 heteroatoms. The summed E-state index contributed by atoms with van der Waals surface area (Å²) in [6.45, 7) is 10.7. The normalized spacial score (nSPS) is 17.2. The van der Waals surface area contributed by atoms with Crippen molar-refractivity contribution in [2.75, 3.05) is 32.8 Å². The Balaban J connectivity index is 0.00000300. The van der Waals surface area contributed by atoms with Crippen LogP contribution in [0.15, 0.2) is 33.2 Å². The van der Waals surface area contributed by atoms with Gasteiger partial charge in [0.2, 0.25) is 0 Å². The molecule has 1 fully saturated rings. The predicted molar refractivity (Wildman–Crippen MR) is 130 cm³/mol. The van der Waals surface area contributed by atoms with Crippen LogP contribution in [0.2, 0.25) is 0 Å². The van der Waals surface area contributed by atoms with Crippen LogP contribution in [0.5, 0.6) is 0 Å². The molecule has 1 aliphatic rings. The molecule has 2 N–H and O–H groups in total. The highest BCUT2D eigenvalue weighted by atomic mass is 127. The van der Waals surface area contributed by atoms with E-state index in [0.717, 1.165) is 69.5 Å². The Labute approximate surface area is 194 Å². The van der Waals surface area contributed by atoms with E-state index >= 15 is 0 Å². The van der Waals surface area contributed by atoms with Crippen LogP contribution in [0, 0.1) is 5.92 Å². The highest BCUT2D eigenvalue weighted by Crippen LogP contribution is 2.25. The first-order valence-electron chi connectivity index (χ1n) is 10.1. The average Bonchev–Trinajstić information content (AvgIpc) is 3.40. The van der Waals surface area contributed by atoms with E-state index in [9.17, 15) is 0 Å². The van der Waals surface area contributed by atoms with Crippen molar-refractivity contribution in [2.24, 2.45) is 10.9 Å². The summed E-state index contributed by atoms with van der Waals surface area (Å²) in [7, 11) is 0. The molecule has 1 unspecified atom stereocenters. The number of thiazole rings is 1. The summed E-state index contributed by atoms with van der Waals surface area (Å²) in [5, 5.41) is 10.2. The standard InChI is InChI=1S/C21H32N4O2S.HI/c1-21(2,3)19-25-17(15-28-19)6-9-22-20(24-13-16-8-12-26-14-16)23-10-7-18-5-4-11-27-18;/h4-5,11,15-16H,6-10,12-14H2,1-3H3,(H2,22,23,24);1H. The summed E-state index contributed by atoms with van der Waals surface area (Å²) in [6, 6.07) is 3.92. The smallest absolute Gasteiger partial charge is 0.191 e. The molecule has 1 aliphatic heterocycles. The lowest BCUT2D eigenvalue weighted by Gasteiger charge is -2.14. The topological polar surface area (TPSA) is 71.7 Å². The lowest BCUT2D eigenvalue weighted by molar-refractivity contribution is 0.187. The number of aromatic nitrogens is 1. The molecule has 0 saturated carbocycles. The molecule has 1 saturated heterocycles. The van der Waals surface area contributed by atoms with Crippen LogP contribution in [0.3, 0.4) is 0 Å². The number of nitrogens with zero attached hydrogens (tertiary/aromatic N) is 2. The molecule has 3 heterocycles. The maximum Gasteiger partial charge on any atom is 0.191 e. The number of aliphatic imine (C=N–C) groups is 1. The van der Waals surface area contributed by atoms with Crippen molar-refractivity contribution in [2.45, 2.75) is 45.4 Å². The zero-order chi connectivity index (χ0) is 19.8.